The van der Waals surface area contributed by atoms with E-state index in [1.54, 1.807) is 24.5 Å². The molecule has 2 N–H and O–H groups in total. The Morgan fingerprint density at radius 3 is 2.76 bits per heavy atom. The van der Waals surface area contributed by atoms with E-state index in [4.69, 9.17) is 38.1 Å². The van der Waals surface area contributed by atoms with E-state index in [1.807, 2.05) is 6.07 Å². The Morgan fingerprint density at radius 2 is 2.06 bits per heavy atom. The minimum absolute atomic E-state index is 0.347. The number of furan rings is 1. The third-order valence-corrected chi connectivity index (χ3v) is 2.83. The van der Waals surface area contributed by atoms with E-state index in [0.29, 0.717) is 28.9 Å². The van der Waals surface area contributed by atoms with Gasteiger partial charge >= 0.3 is 0 Å². The average molecular weight is 272 g/mol. The maximum absolute atomic E-state index is 5.99. The zero-order valence-electron chi connectivity index (χ0n) is 8.95. The van der Waals surface area contributed by atoms with Crippen molar-refractivity contribution in [1.82, 2.24) is 0 Å². The van der Waals surface area contributed by atoms with Crippen LogP contribution >= 0.6 is 23.2 Å². The van der Waals surface area contributed by atoms with E-state index >= 15 is 0 Å². The molecule has 0 radical (unpaired) electrons. The SMILES string of the molecule is NCc1occc1COc1ccc(Cl)cc1Cl. The summed E-state index contributed by atoms with van der Waals surface area (Å²) in [5, 5.41) is 1.06. The van der Waals surface area contributed by atoms with Crippen LogP contribution in [-0.4, -0.2) is 0 Å². The summed E-state index contributed by atoms with van der Waals surface area (Å²) >= 11 is 11.8. The first-order chi connectivity index (χ1) is 8.20. The first kappa shape index (κ1) is 12.3. The highest BCUT2D eigenvalue weighted by Crippen LogP contribution is 2.28. The minimum Gasteiger partial charge on any atom is -0.487 e. The van der Waals surface area contributed by atoms with Crippen molar-refractivity contribution in [2.24, 2.45) is 5.73 Å². The first-order valence-corrected chi connectivity index (χ1v) is 5.79. The molecule has 1 aromatic carbocycles. The van der Waals surface area contributed by atoms with Gasteiger partial charge in [0.25, 0.3) is 0 Å². The Balaban J connectivity index is 2.07. The zero-order chi connectivity index (χ0) is 12.3. The molecular weight excluding hydrogens is 261 g/mol. The van der Waals surface area contributed by atoms with Gasteiger partial charge in [0.15, 0.2) is 0 Å². The lowest BCUT2D eigenvalue weighted by molar-refractivity contribution is 0.302. The molecule has 0 bridgehead atoms. The van der Waals surface area contributed by atoms with Crippen LogP contribution in [0.1, 0.15) is 11.3 Å². The van der Waals surface area contributed by atoms with Gasteiger partial charge in [-0.15, -0.1) is 0 Å². The first-order valence-electron chi connectivity index (χ1n) is 5.04. The van der Waals surface area contributed by atoms with Gasteiger partial charge in [0.2, 0.25) is 0 Å². The Labute approximate surface area is 109 Å². The van der Waals surface area contributed by atoms with Crippen LogP contribution in [0.4, 0.5) is 0 Å². The predicted octanol–water partition coefficient (Wildman–Crippen LogP) is 3.62. The fourth-order valence-electron chi connectivity index (χ4n) is 1.42. The van der Waals surface area contributed by atoms with Gasteiger partial charge in [-0.1, -0.05) is 23.2 Å². The summed E-state index contributed by atoms with van der Waals surface area (Å²) in [5.74, 6) is 1.30. The van der Waals surface area contributed by atoms with Crippen molar-refractivity contribution in [1.29, 1.82) is 0 Å². The highest BCUT2D eigenvalue weighted by Gasteiger charge is 2.07. The zero-order valence-corrected chi connectivity index (χ0v) is 10.5. The molecule has 2 aromatic rings. The molecule has 0 aliphatic rings. The van der Waals surface area contributed by atoms with Crippen LogP contribution in [0.25, 0.3) is 0 Å². The monoisotopic (exact) mass is 271 g/mol. The molecule has 0 fully saturated rings. The van der Waals surface area contributed by atoms with Crippen molar-refractivity contribution in [3.8, 4) is 5.75 Å². The lowest BCUT2D eigenvalue weighted by Crippen LogP contribution is -2.02. The van der Waals surface area contributed by atoms with E-state index in [2.05, 4.69) is 0 Å². The number of ether oxygens (including phenoxy) is 1. The second kappa shape index (κ2) is 5.45. The van der Waals surface area contributed by atoms with Crippen molar-refractivity contribution < 1.29 is 9.15 Å². The fourth-order valence-corrected chi connectivity index (χ4v) is 1.89. The highest BCUT2D eigenvalue weighted by atomic mass is 35.5. The quantitative estimate of drug-likeness (QED) is 0.924. The molecule has 0 spiro atoms. The number of hydrogen-bond donors (Lipinski definition) is 1. The van der Waals surface area contributed by atoms with Crippen molar-refractivity contribution >= 4 is 23.2 Å². The van der Waals surface area contributed by atoms with Gasteiger partial charge in [0.05, 0.1) is 17.8 Å². The molecule has 1 aromatic heterocycles. The van der Waals surface area contributed by atoms with Gasteiger partial charge in [-0.25, -0.2) is 0 Å². The average Bonchev–Trinajstić information content (AvgIpc) is 2.75. The maximum Gasteiger partial charge on any atom is 0.138 e. The van der Waals surface area contributed by atoms with E-state index < -0.39 is 0 Å². The van der Waals surface area contributed by atoms with Gasteiger partial charge in [-0.2, -0.15) is 0 Å². The molecule has 3 nitrogen and oxygen atoms in total. The number of benzene rings is 1. The van der Waals surface area contributed by atoms with Crippen LogP contribution in [0.15, 0.2) is 34.9 Å². The van der Waals surface area contributed by atoms with E-state index in [9.17, 15) is 0 Å². The van der Waals surface area contributed by atoms with Crippen molar-refractivity contribution in [3.63, 3.8) is 0 Å². The summed E-state index contributed by atoms with van der Waals surface area (Å²) < 4.78 is 10.8. The highest BCUT2D eigenvalue weighted by molar-refractivity contribution is 6.35. The minimum atomic E-state index is 0.347. The largest absolute Gasteiger partial charge is 0.487 e. The molecule has 0 unspecified atom stereocenters. The van der Waals surface area contributed by atoms with Gasteiger partial charge in [-0.3, -0.25) is 0 Å². The second-order valence-electron chi connectivity index (χ2n) is 3.44. The van der Waals surface area contributed by atoms with Gasteiger partial charge in [0, 0.05) is 10.6 Å². The van der Waals surface area contributed by atoms with Crippen LogP contribution in [-0.2, 0) is 13.2 Å². The normalized spacial score (nSPS) is 10.5. The second-order valence-corrected chi connectivity index (χ2v) is 4.28. The number of nitrogens with two attached hydrogens (primary N) is 1. The van der Waals surface area contributed by atoms with Crippen molar-refractivity contribution in [2.75, 3.05) is 0 Å². The number of hydrogen-bond acceptors (Lipinski definition) is 3. The Bertz CT molecular complexity index is 511. The van der Waals surface area contributed by atoms with Crippen LogP contribution in [0.2, 0.25) is 10.0 Å². The third-order valence-electron chi connectivity index (χ3n) is 2.30. The lowest BCUT2D eigenvalue weighted by Gasteiger charge is -2.07. The topological polar surface area (TPSA) is 48.4 Å². The summed E-state index contributed by atoms with van der Waals surface area (Å²) in [6, 6.07) is 6.92. The van der Waals surface area contributed by atoms with Crippen LogP contribution in [0.5, 0.6) is 5.75 Å². The number of rotatable bonds is 4. The van der Waals surface area contributed by atoms with Gasteiger partial charge in [-0.05, 0) is 24.3 Å². The van der Waals surface area contributed by atoms with Gasteiger partial charge in [0.1, 0.15) is 18.1 Å². The molecular formula is C12H11Cl2NO2. The molecule has 0 saturated heterocycles. The van der Waals surface area contributed by atoms with Crippen LogP contribution < -0.4 is 10.5 Å². The molecule has 0 aliphatic heterocycles. The molecule has 90 valence electrons. The molecule has 0 aliphatic carbocycles. The van der Waals surface area contributed by atoms with E-state index in [1.165, 1.54) is 0 Å². The van der Waals surface area contributed by atoms with E-state index in [0.717, 1.165) is 11.3 Å². The molecule has 0 atom stereocenters. The van der Waals surface area contributed by atoms with E-state index in [-0.39, 0.29) is 0 Å². The van der Waals surface area contributed by atoms with Crippen molar-refractivity contribution in [2.45, 2.75) is 13.2 Å². The molecule has 1 heterocycles. The predicted molar refractivity (Wildman–Crippen MR) is 67.4 cm³/mol. The maximum atomic E-state index is 5.99. The lowest BCUT2D eigenvalue weighted by atomic mass is 10.2. The summed E-state index contributed by atoms with van der Waals surface area (Å²) in [6.07, 6.45) is 1.59. The summed E-state index contributed by atoms with van der Waals surface area (Å²) in [5.41, 5.74) is 6.44. The molecule has 17 heavy (non-hydrogen) atoms. The Morgan fingerprint density at radius 1 is 1.24 bits per heavy atom. The molecule has 2 rings (SSSR count). The Hall–Kier alpha value is -1.16. The number of halogens is 2. The summed E-state index contributed by atoms with van der Waals surface area (Å²) in [6.45, 7) is 0.713. The van der Waals surface area contributed by atoms with Crippen LogP contribution in [0.3, 0.4) is 0 Å². The Kier molecular flexibility index (Phi) is 3.94. The van der Waals surface area contributed by atoms with Gasteiger partial charge < -0.3 is 14.9 Å². The molecule has 5 heteroatoms. The molecule has 0 amide bonds. The summed E-state index contributed by atoms with van der Waals surface area (Å²) in [7, 11) is 0. The molecule has 0 saturated carbocycles. The standard InChI is InChI=1S/C12H11Cl2NO2/c13-9-1-2-11(10(14)5-9)17-7-8-3-4-16-12(8)6-15/h1-5H,6-7,15H2. The van der Waals surface area contributed by atoms with Crippen molar-refractivity contribution in [3.05, 3.63) is 51.9 Å². The van der Waals surface area contributed by atoms with Crippen LogP contribution in [0, 0.1) is 0 Å². The summed E-state index contributed by atoms with van der Waals surface area (Å²) in [4.78, 5) is 0. The smallest absolute Gasteiger partial charge is 0.138 e. The fraction of sp³-hybridized carbons (Fsp3) is 0.167. The third kappa shape index (κ3) is 2.94.